The van der Waals surface area contributed by atoms with Crippen LogP contribution in [0.25, 0.3) is 0 Å². The normalized spacial score (nSPS) is 12.6. The Hall–Kier alpha value is -1.40. The third-order valence-corrected chi connectivity index (χ3v) is 3.60. The summed E-state index contributed by atoms with van der Waals surface area (Å²) < 4.78 is 14.4. The van der Waals surface area contributed by atoms with Crippen LogP contribution in [0, 0.1) is 5.82 Å². The van der Waals surface area contributed by atoms with Gasteiger partial charge in [-0.1, -0.05) is 5.21 Å². The standard InChI is InChI=1S/C12H15FN4S/c1-17-7-11(15-16-17)6-10(14)8-18-12-4-2-9(13)3-5-12/h2-5,7,10H,6,8,14H2,1H3. The van der Waals surface area contributed by atoms with Crippen molar-refractivity contribution in [3.63, 3.8) is 0 Å². The maximum atomic E-state index is 12.7. The molecule has 18 heavy (non-hydrogen) atoms. The first-order valence-electron chi connectivity index (χ1n) is 5.62. The van der Waals surface area contributed by atoms with Gasteiger partial charge in [0.25, 0.3) is 0 Å². The van der Waals surface area contributed by atoms with Gasteiger partial charge in [-0.25, -0.2) is 4.39 Å². The Balaban J connectivity index is 1.81. The van der Waals surface area contributed by atoms with E-state index in [-0.39, 0.29) is 11.9 Å². The van der Waals surface area contributed by atoms with Crippen molar-refractivity contribution in [2.45, 2.75) is 17.4 Å². The molecule has 1 aromatic heterocycles. The Labute approximate surface area is 109 Å². The zero-order valence-corrected chi connectivity index (χ0v) is 10.9. The molecule has 1 unspecified atom stereocenters. The Morgan fingerprint density at radius 2 is 2.11 bits per heavy atom. The van der Waals surface area contributed by atoms with E-state index in [1.54, 1.807) is 28.6 Å². The van der Waals surface area contributed by atoms with Gasteiger partial charge in [-0.15, -0.1) is 16.9 Å². The molecule has 1 heterocycles. The number of aromatic nitrogens is 3. The van der Waals surface area contributed by atoms with Gasteiger partial charge in [0.05, 0.1) is 5.69 Å². The highest BCUT2D eigenvalue weighted by Crippen LogP contribution is 2.19. The first-order chi connectivity index (χ1) is 8.63. The van der Waals surface area contributed by atoms with Crippen molar-refractivity contribution in [2.75, 3.05) is 5.75 Å². The molecule has 96 valence electrons. The average molecular weight is 266 g/mol. The molecule has 0 radical (unpaired) electrons. The second-order valence-corrected chi connectivity index (χ2v) is 5.21. The average Bonchev–Trinajstić information content (AvgIpc) is 2.74. The molecule has 4 nitrogen and oxygen atoms in total. The number of rotatable bonds is 5. The molecule has 0 saturated carbocycles. The number of hydrogen-bond acceptors (Lipinski definition) is 4. The highest BCUT2D eigenvalue weighted by Gasteiger charge is 2.08. The molecule has 1 atom stereocenters. The predicted molar refractivity (Wildman–Crippen MR) is 69.8 cm³/mol. The summed E-state index contributed by atoms with van der Waals surface area (Å²) >= 11 is 1.62. The van der Waals surface area contributed by atoms with E-state index in [0.717, 1.165) is 16.3 Å². The highest BCUT2D eigenvalue weighted by atomic mass is 32.2. The molecule has 0 fully saturated rings. The molecule has 0 bridgehead atoms. The van der Waals surface area contributed by atoms with Gasteiger partial charge in [-0.2, -0.15) is 0 Å². The number of halogens is 1. The molecule has 0 spiro atoms. The van der Waals surface area contributed by atoms with Crippen LogP contribution in [0.2, 0.25) is 0 Å². The second kappa shape index (κ2) is 5.97. The van der Waals surface area contributed by atoms with E-state index in [1.807, 2.05) is 13.2 Å². The fourth-order valence-corrected chi connectivity index (χ4v) is 2.40. The summed E-state index contributed by atoms with van der Waals surface area (Å²) in [6.45, 7) is 0. The van der Waals surface area contributed by atoms with Gasteiger partial charge in [-0.05, 0) is 24.3 Å². The Morgan fingerprint density at radius 3 is 2.72 bits per heavy atom. The van der Waals surface area contributed by atoms with E-state index in [4.69, 9.17) is 5.73 Å². The van der Waals surface area contributed by atoms with Gasteiger partial charge in [0.2, 0.25) is 0 Å². The Kier molecular flexibility index (Phi) is 4.33. The molecule has 0 aliphatic rings. The SMILES string of the molecule is Cn1cc(CC(N)CSc2ccc(F)cc2)nn1. The summed E-state index contributed by atoms with van der Waals surface area (Å²) in [5, 5.41) is 7.86. The van der Waals surface area contributed by atoms with Gasteiger partial charge < -0.3 is 5.73 Å². The summed E-state index contributed by atoms with van der Waals surface area (Å²) in [4.78, 5) is 1.02. The van der Waals surface area contributed by atoms with Gasteiger partial charge in [-0.3, -0.25) is 4.68 Å². The van der Waals surface area contributed by atoms with Crippen molar-refractivity contribution in [1.82, 2.24) is 15.0 Å². The molecule has 2 aromatic rings. The van der Waals surface area contributed by atoms with Crippen molar-refractivity contribution in [2.24, 2.45) is 12.8 Å². The summed E-state index contributed by atoms with van der Waals surface area (Å²) in [5.74, 6) is 0.547. The maximum Gasteiger partial charge on any atom is 0.123 e. The van der Waals surface area contributed by atoms with E-state index < -0.39 is 0 Å². The topological polar surface area (TPSA) is 56.7 Å². The van der Waals surface area contributed by atoms with Crippen LogP contribution in [0.1, 0.15) is 5.69 Å². The van der Waals surface area contributed by atoms with Crippen molar-refractivity contribution < 1.29 is 4.39 Å². The van der Waals surface area contributed by atoms with Crippen LogP contribution in [-0.2, 0) is 13.5 Å². The largest absolute Gasteiger partial charge is 0.327 e. The van der Waals surface area contributed by atoms with Crippen molar-refractivity contribution in [3.8, 4) is 0 Å². The third-order valence-electron chi connectivity index (χ3n) is 2.40. The molecule has 0 aliphatic carbocycles. The molecular formula is C12H15FN4S. The molecule has 1 aromatic carbocycles. The van der Waals surface area contributed by atoms with E-state index >= 15 is 0 Å². The van der Waals surface area contributed by atoms with Crippen LogP contribution in [0.5, 0.6) is 0 Å². The number of thioether (sulfide) groups is 1. The highest BCUT2D eigenvalue weighted by molar-refractivity contribution is 7.99. The lowest BCUT2D eigenvalue weighted by molar-refractivity contribution is 0.626. The van der Waals surface area contributed by atoms with Crippen LogP contribution < -0.4 is 5.73 Å². The number of hydrogen-bond donors (Lipinski definition) is 1. The smallest absolute Gasteiger partial charge is 0.123 e. The third kappa shape index (κ3) is 3.82. The lowest BCUT2D eigenvalue weighted by Gasteiger charge is -2.09. The fraction of sp³-hybridized carbons (Fsp3) is 0.333. The molecular weight excluding hydrogens is 251 g/mol. The molecule has 6 heteroatoms. The van der Waals surface area contributed by atoms with Crippen LogP contribution in [0.3, 0.4) is 0 Å². The Bertz CT molecular complexity index is 497. The van der Waals surface area contributed by atoms with Gasteiger partial charge >= 0.3 is 0 Å². The molecule has 0 saturated heterocycles. The zero-order valence-electron chi connectivity index (χ0n) is 10.1. The van der Waals surface area contributed by atoms with E-state index in [9.17, 15) is 4.39 Å². The summed E-state index contributed by atoms with van der Waals surface area (Å²) in [6, 6.07) is 6.44. The minimum atomic E-state index is -0.219. The van der Waals surface area contributed by atoms with E-state index in [2.05, 4.69) is 10.3 Å². The summed E-state index contributed by atoms with van der Waals surface area (Å²) in [6.07, 6.45) is 2.56. The van der Waals surface area contributed by atoms with Crippen molar-refractivity contribution in [3.05, 3.63) is 42.0 Å². The van der Waals surface area contributed by atoms with Gasteiger partial charge in [0.15, 0.2) is 0 Å². The fourth-order valence-electron chi connectivity index (χ4n) is 1.55. The maximum absolute atomic E-state index is 12.7. The van der Waals surface area contributed by atoms with Crippen LogP contribution in [0.4, 0.5) is 4.39 Å². The number of nitrogens with zero attached hydrogens (tertiary/aromatic N) is 3. The van der Waals surface area contributed by atoms with Crippen LogP contribution >= 0.6 is 11.8 Å². The van der Waals surface area contributed by atoms with Crippen LogP contribution in [-0.4, -0.2) is 26.8 Å². The summed E-state index contributed by atoms with van der Waals surface area (Å²) in [7, 11) is 1.83. The predicted octanol–water partition coefficient (Wildman–Crippen LogP) is 1.62. The van der Waals surface area contributed by atoms with Crippen molar-refractivity contribution in [1.29, 1.82) is 0 Å². The second-order valence-electron chi connectivity index (χ2n) is 4.11. The van der Waals surface area contributed by atoms with Crippen LogP contribution in [0.15, 0.2) is 35.4 Å². The first kappa shape index (κ1) is 13.0. The molecule has 2 N–H and O–H groups in total. The minimum absolute atomic E-state index is 0.0109. The number of benzene rings is 1. The quantitative estimate of drug-likeness (QED) is 0.835. The van der Waals surface area contributed by atoms with Gasteiger partial charge in [0, 0.05) is 36.4 Å². The first-order valence-corrected chi connectivity index (χ1v) is 6.61. The summed E-state index contributed by atoms with van der Waals surface area (Å²) in [5.41, 5.74) is 6.91. The monoisotopic (exact) mass is 266 g/mol. The van der Waals surface area contributed by atoms with E-state index in [1.165, 1.54) is 12.1 Å². The minimum Gasteiger partial charge on any atom is -0.327 e. The van der Waals surface area contributed by atoms with E-state index in [0.29, 0.717) is 6.42 Å². The Morgan fingerprint density at radius 1 is 1.39 bits per heavy atom. The number of nitrogens with two attached hydrogens (primary N) is 1. The zero-order chi connectivity index (χ0) is 13.0. The molecule has 2 rings (SSSR count). The lowest BCUT2D eigenvalue weighted by atomic mass is 10.2. The molecule has 0 aliphatic heterocycles. The molecule has 0 amide bonds. The number of aryl methyl sites for hydroxylation is 1. The van der Waals surface area contributed by atoms with Crippen molar-refractivity contribution >= 4 is 11.8 Å². The van der Waals surface area contributed by atoms with Gasteiger partial charge in [0.1, 0.15) is 5.82 Å². The lowest BCUT2D eigenvalue weighted by Crippen LogP contribution is -2.25.